The maximum absolute atomic E-state index is 12.9. The normalized spacial score (nSPS) is 44.8. The van der Waals surface area contributed by atoms with Crippen LogP contribution in [0.1, 0.15) is 64.2 Å². The topological polar surface area (TPSA) is 69.2 Å². The van der Waals surface area contributed by atoms with Gasteiger partial charge in [0.1, 0.15) is 12.2 Å². The van der Waals surface area contributed by atoms with Crippen LogP contribution in [0.4, 0.5) is 0 Å². The third-order valence-corrected chi connectivity index (χ3v) is 6.36. The van der Waals surface area contributed by atoms with Crippen LogP contribution < -0.4 is 24.0 Å². The van der Waals surface area contributed by atoms with Crippen LogP contribution in [0.5, 0.6) is 0 Å². The molecule has 0 radical (unpaired) electrons. The maximum Gasteiger partial charge on any atom is 1.00 e. The maximum atomic E-state index is 12.9. The molecule has 7 heteroatoms. The summed E-state index contributed by atoms with van der Waals surface area (Å²) in [5.41, 5.74) is 0. The minimum absolute atomic E-state index is 0. The van der Waals surface area contributed by atoms with Gasteiger partial charge in [0, 0.05) is 25.7 Å². The first-order chi connectivity index (χ1) is 11.7. The number of hydrogen-bond acceptors (Lipinski definition) is 6. The predicted octanol–water partition coefficient (Wildman–Crippen LogP) is -1.40. The van der Waals surface area contributed by atoms with Gasteiger partial charge in [0.25, 0.3) is 0 Å². The zero-order valence-corrected chi connectivity index (χ0v) is 15.1. The van der Waals surface area contributed by atoms with Gasteiger partial charge in [-0.05, 0) is 25.7 Å². The van der Waals surface area contributed by atoms with Crippen molar-refractivity contribution in [3.05, 3.63) is 0 Å². The summed E-state index contributed by atoms with van der Waals surface area (Å²) in [6, 6.07) is 0. The van der Waals surface area contributed by atoms with Crippen molar-refractivity contribution in [1.82, 2.24) is 0 Å². The van der Waals surface area contributed by atoms with Gasteiger partial charge in [-0.3, -0.25) is 0 Å². The first-order valence-electron chi connectivity index (χ1n) is 9.68. The molecule has 0 amide bonds. The smallest absolute Gasteiger partial charge is 0.848 e. The predicted molar refractivity (Wildman–Crippen MR) is 80.9 cm³/mol. The van der Waals surface area contributed by atoms with Crippen LogP contribution in [-0.4, -0.2) is 48.9 Å². The van der Waals surface area contributed by atoms with Crippen molar-refractivity contribution in [2.24, 2.45) is 0 Å². The molecule has 2 saturated carbocycles. The Balaban J connectivity index is 0.00000157. The average molecular weight is 346 g/mol. The standard InChI is InChI=1S/C18H27O6.Li/c19-13-14(12-11-20-17(22-12)7-3-1-4-8-17)21-16-15(13)23-18(24-16)9-5-2-6-10-18;/h12-16H,1-11H2;/q-1;+1/t12-,13?,14-,15?,16-;/m1./s1. The molecule has 0 N–H and O–H groups in total. The van der Waals surface area contributed by atoms with Gasteiger partial charge in [0.05, 0.1) is 12.7 Å². The monoisotopic (exact) mass is 346 g/mol. The van der Waals surface area contributed by atoms with E-state index < -0.39 is 36.2 Å². The van der Waals surface area contributed by atoms with Gasteiger partial charge in [-0.1, -0.05) is 18.9 Å². The summed E-state index contributed by atoms with van der Waals surface area (Å²) in [6.45, 7) is 0.438. The van der Waals surface area contributed by atoms with Crippen molar-refractivity contribution in [2.75, 3.05) is 6.61 Å². The van der Waals surface area contributed by atoms with E-state index in [1.54, 1.807) is 0 Å². The molecule has 3 aliphatic heterocycles. The zero-order valence-electron chi connectivity index (χ0n) is 15.1. The SMILES string of the molecule is [Li+].[O-]C1C2OC3(CCCCC3)O[C@H]2O[C@@H]1[C@H]1COC2(CCCCC2)O1. The molecule has 5 aliphatic rings. The number of rotatable bonds is 1. The van der Waals surface area contributed by atoms with Gasteiger partial charge >= 0.3 is 18.9 Å². The number of ether oxygens (including phenoxy) is 5. The van der Waals surface area contributed by atoms with Gasteiger partial charge in [-0.25, -0.2) is 0 Å². The van der Waals surface area contributed by atoms with Crippen molar-refractivity contribution < 1.29 is 47.7 Å². The van der Waals surface area contributed by atoms with E-state index in [-0.39, 0.29) is 25.0 Å². The van der Waals surface area contributed by atoms with E-state index in [4.69, 9.17) is 23.7 Å². The fraction of sp³-hybridized carbons (Fsp3) is 1.00. The van der Waals surface area contributed by atoms with Crippen molar-refractivity contribution in [3.63, 3.8) is 0 Å². The van der Waals surface area contributed by atoms with Crippen LogP contribution >= 0.6 is 0 Å². The molecule has 0 aromatic heterocycles. The van der Waals surface area contributed by atoms with E-state index in [0.717, 1.165) is 51.4 Å². The molecule has 2 unspecified atom stereocenters. The summed E-state index contributed by atoms with van der Waals surface area (Å²) in [6.07, 6.45) is 7.59. The Kier molecular flexibility index (Phi) is 5.29. The third kappa shape index (κ3) is 3.23. The minimum atomic E-state index is -0.969. The number of hydrogen-bond donors (Lipinski definition) is 0. The second-order valence-electron chi connectivity index (χ2n) is 8.04. The molecule has 6 nitrogen and oxygen atoms in total. The van der Waals surface area contributed by atoms with Gasteiger partial charge in [0.15, 0.2) is 17.9 Å². The quantitative estimate of drug-likeness (QED) is 0.544. The summed E-state index contributed by atoms with van der Waals surface area (Å²) < 4.78 is 30.3. The van der Waals surface area contributed by atoms with Gasteiger partial charge < -0.3 is 28.8 Å². The van der Waals surface area contributed by atoms with E-state index >= 15 is 0 Å². The Morgan fingerprint density at radius 2 is 1.36 bits per heavy atom. The molecular weight excluding hydrogens is 319 g/mol. The van der Waals surface area contributed by atoms with Gasteiger partial charge in [0.2, 0.25) is 0 Å². The van der Waals surface area contributed by atoms with Crippen molar-refractivity contribution in [2.45, 2.75) is 106 Å². The first-order valence-corrected chi connectivity index (χ1v) is 9.68. The molecule has 25 heavy (non-hydrogen) atoms. The van der Waals surface area contributed by atoms with E-state index in [9.17, 15) is 5.11 Å². The fourth-order valence-electron chi connectivity index (χ4n) is 5.07. The molecule has 3 saturated heterocycles. The molecule has 136 valence electrons. The first kappa shape index (κ1) is 18.7. The Hall–Kier alpha value is 0.357. The molecule has 0 aromatic carbocycles. The molecule has 0 aromatic rings. The molecule has 5 fully saturated rings. The van der Waals surface area contributed by atoms with E-state index in [1.807, 2.05) is 0 Å². The number of fused-ring (bicyclic) bond motifs is 1. The Bertz CT molecular complexity index is 476. The molecule has 3 heterocycles. The van der Waals surface area contributed by atoms with Crippen LogP contribution in [0.15, 0.2) is 0 Å². The van der Waals surface area contributed by atoms with E-state index in [2.05, 4.69) is 0 Å². The Morgan fingerprint density at radius 3 is 2.00 bits per heavy atom. The molecule has 2 aliphatic carbocycles. The van der Waals surface area contributed by atoms with Crippen molar-refractivity contribution in [3.8, 4) is 0 Å². The van der Waals surface area contributed by atoms with Crippen molar-refractivity contribution in [1.29, 1.82) is 0 Å². The molecule has 5 atom stereocenters. The van der Waals surface area contributed by atoms with Crippen LogP contribution in [-0.2, 0) is 23.7 Å². The molecule has 2 spiro atoms. The van der Waals surface area contributed by atoms with Crippen LogP contribution in [0.3, 0.4) is 0 Å². The van der Waals surface area contributed by atoms with Crippen LogP contribution in [0, 0.1) is 0 Å². The summed E-state index contributed by atoms with van der Waals surface area (Å²) in [7, 11) is 0. The van der Waals surface area contributed by atoms with Crippen LogP contribution in [0.25, 0.3) is 0 Å². The average Bonchev–Trinajstić information content (AvgIpc) is 3.23. The van der Waals surface area contributed by atoms with Gasteiger partial charge in [-0.15, -0.1) is 0 Å². The van der Waals surface area contributed by atoms with E-state index in [1.165, 1.54) is 12.8 Å². The molecule has 0 bridgehead atoms. The fourth-order valence-corrected chi connectivity index (χ4v) is 5.07. The third-order valence-electron chi connectivity index (χ3n) is 6.36. The Labute approximate surface area is 161 Å². The summed E-state index contributed by atoms with van der Waals surface area (Å²) in [4.78, 5) is 0. The zero-order chi connectivity index (χ0) is 16.2. The second-order valence-corrected chi connectivity index (χ2v) is 8.04. The summed E-state index contributed by atoms with van der Waals surface area (Å²) >= 11 is 0. The molecule has 5 rings (SSSR count). The van der Waals surface area contributed by atoms with Crippen LogP contribution in [0.2, 0.25) is 0 Å². The molecular formula is C18H27LiO6. The second kappa shape index (κ2) is 7.07. The largest absolute Gasteiger partial charge is 1.00 e. The minimum Gasteiger partial charge on any atom is -0.848 e. The summed E-state index contributed by atoms with van der Waals surface area (Å²) in [5.74, 6) is -1.05. The van der Waals surface area contributed by atoms with Gasteiger partial charge in [-0.2, -0.15) is 0 Å². The van der Waals surface area contributed by atoms with E-state index in [0.29, 0.717) is 6.61 Å². The summed E-state index contributed by atoms with van der Waals surface area (Å²) in [5, 5.41) is 12.9. The Morgan fingerprint density at radius 1 is 0.720 bits per heavy atom. The van der Waals surface area contributed by atoms with Crippen molar-refractivity contribution >= 4 is 0 Å².